The Morgan fingerprint density at radius 1 is 0.880 bits per heavy atom. The summed E-state index contributed by atoms with van der Waals surface area (Å²) in [6, 6.07) is 8.91. The van der Waals surface area contributed by atoms with Gasteiger partial charge in [0.15, 0.2) is 0 Å². The first-order valence-corrected chi connectivity index (χ1v) is 8.78. The largest absolute Gasteiger partial charge is 0.350 e. The van der Waals surface area contributed by atoms with Gasteiger partial charge in [-0.15, -0.1) is 0 Å². The molecule has 0 fully saturated rings. The highest BCUT2D eigenvalue weighted by Gasteiger charge is 2.16. The van der Waals surface area contributed by atoms with Gasteiger partial charge in [0, 0.05) is 22.6 Å². The number of benzene rings is 2. The number of halogens is 4. The van der Waals surface area contributed by atoms with Gasteiger partial charge in [0.1, 0.15) is 0 Å². The van der Waals surface area contributed by atoms with Crippen LogP contribution >= 0.6 is 46.4 Å². The molecule has 4 nitrogen and oxygen atoms in total. The normalized spacial score (nSPS) is 11.7. The van der Waals surface area contributed by atoms with Crippen LogP contribution in [0.1, 0.15) is 27.6 Å². The number of carbonyl (C=O) groups is 2. The van der Waals surface area contributed by atoms with Gasteiger partial charge in [0.05, 0.1) is 21.2 Å². The molecule has 2 aromatic carbocycles. The minimum atomic E-state index is -0.380. The fourth-order valence-corrected chi connectivity index (χ4v) is 2.79. The molecule has 0 saturated heterocycles. The maximum absolute atomic E-state index is 12.2. The van der Waals surface area contributed by atoms with Crippen LogP contribution in [0.3, 0.4) is 0 Å². The quantitative estimate of drug-likeness (QED) is 0.727. The van der Waals surface area contributed by atoms with Gasteiger partial charge in [-0.25, -0.2) is 0 Å². The van der Waals surface area contributed by atoms with Crippen molar-refractivity contribution in [1.82, 2.24) is 10.6 Å². The van der Waals surface area contributed by atoms with Crippen molar-refractivity contribution in [2.24, 2.45) is 0 Å². The van der Waals surface area contributed by atoms with Crippen LogP contribution in [0.25, 0.3) is 0 Å². The van der Waals surface area contributed by atoms with Gasteiger partial charge in [0.2, 0.25) is 0 Å². The summed E-state index contributed by atoms with van der Waals surface area (Å²) in [5.74, 6) is -0.760. The van der Waals surface area contributed by atoms with Crippen LogP contribution in [0.15, 0.2) is 36.4 Å². The van der Waals surface area contributed by atoms with E-state index >= 15 is 0 Å². The Bertz CT molecular complexity index is 811. The first-order chi connectivity index (χ1) is 11.8. The van der Waals surface area contributed by atoms with E-state index in [0.717, 1.165) is 0 Å². The van der Waals surface area contributed by atoms with Crippen molar-refractivity contribution in [3.05, 3.63) is 67.6 Å². The van der Waals surface area contributed by atoms with Gasteiger partial charge < -0.3 is 10.6 Å². The fourth-order valence-electron chi connectivity index (χ4n) is 2.04. The molecule has 0 aliphatic rings. The molecule has 0 spiro atoms. The molecular weight excluding hydrogens is 406 g/mol. The summed E-state index contributed by atoms with van der Waals surface area (Å²) < 4.78 is 0. The summed E-state index contributed by atoms with van der Waals surface area (Å²) in [7, 11) is 0. The Kier molecular flexibility index (Phi) is 6.96. The van der Waals surface area contributed by atoms with Crippen LogP contribution in [0.4, 0.5) is 0 Å². The van der Waals surface area contributed by atoms with E-state index in [1.807, 2.05) is 0 Å². The Hall–Kier alpha value is -1.46. The van der Waals surface area contributed by atoms with E-state index in [9.17, 15) is 9.59 Å². The third-order valence-corrected chi connectivity index (χ3v) is 4.42. The number of amides is 2. The summed E-state index contributed by atoms with van der Waals surface area (Å²) in [6.07, 6.45) is 0. The molecule has 0 radical (unpaired) electrons. The molecule has 0 aliphatic carbocycles. The molecule has 25 heavy (non-hydrogen) atoms. The van der Waals surface area contributed by atoms with Crippen LogP contribution in [0.2, 0.25) is 20.1 Å². The van der Waals surface area contributed by atoms with Gasteiger partial charge in [-0.05, 0) is 43.3 Å². The third kappa shape index (κ3) is 5.51. The van der Waals surface area contributed by atoms with Crippen molar-refractivity contribution in [2.45, 2.75) is 13.0 Å². The number of nitrogens with one attached hydrogen (secondary N) is 2. The Balaban J connectivity index is 1.95. The summed E-state index contributed by atoms with van der Waals surface area (Å²) in [5, 5.41) is 6.84. The minimum Gasteiger partial charge on any atom is -0.350 e. The van der Waals surface area contributed by atoms with Gasteiger partial charge in [0.25, 0.3) is 11.8 Å². The van der Waals surface area contributed by atoms with Crippen LogP contribution in [-0.2, 0) is 0 Å². The van der Waals surface area contributed by atoms with Crippen molar-refractivity contribution in [1.29, 1.82) is 0 Å². The minimum absolute atomic E-state index is 0.200. The van der Waals surface area contributed by atoms with E-state index in [2.05, 4.69) is 10.6 Å². The van der Waals surface area contributed by atoms with Gasteiger partial charge in [-0.1, -0.05) is 46.4 Å². The molecule has 2 aromatic rings. The molecule has 2 rings (SSSR count). The Morgan fingerprint density at radius 3 is 1.88 bits per heavy atom. The zero-order valence-corrected chi connectivity index (χ0v) is 16.1. The Morgan fingerprint density at radius 2 is 1.36 bits per heavy atom. The molecule has 2 amide bonds. The molecule has 0 heterocycles. The first kappa shape index (κ1) is 19.9. The second-order valence-corrected chi connectivity index (χ2v) is 7.02. The number of carbonyl (C=O) groups excluding carboxylic acids is 2. The zero-order chi connectivity index (χ0) is 18.6. The SMILES string of the molecule is C[C@@H](CNC(=O)c1cc(Cl)ccc1Cl)NC(=O)c1cc(Cl)ccc1Cl. The standard InChI is InChI=1S/C17H14Cl4N2O2/c1-9(23-17(25)13-7-11(19)3-5-15(13)21)8-22-16(24)12-6-10(18)2-4-14(12)20/h2-7,9H,8H2,1H3,(H,22,24)(H,23,25)/t9-/m0/s1. The number of rotatable bonds is 5. The molecule has 0 aliphatic heterocycles. The summed E-state index contributed by atoms with van der Waals surface area (Å²) in [5.41, 5.74) is 0.538. The topological polar surface area (TPSA) is 58.2 Å². The molecule has 1 atom stereocenters. The molecular formula is C17H14Cl4N2O2. The van der Waals surface area contributed by atoms with Crippen molar-refractivity contribution >= 4 is 58.2 Å². The molecule has 2 N–H and O–H groups in total. The lowest BCUT2D eigenvalue weighted by Gasteiger charge is -2.16. The molecule has 0 unspecified atom stereocenters. The fraction of sp³-hybridized carbons (Fsp3) is 0.176. The van der Waals surface area contributed by atoms with Gasteiger partial charge >= 0.3 is 0 Å². The molecule has 8 heteroatoms. The highest BCUT2D eigenvalue weighted by molar-refractivity contribution is 6.36. The van der Waals surface area contributed by atoms with E-state index in [1.54, 1.807) is 31.2 Å². The lowest BCUT2D eigenvalue weighted by atomic mass is 10.2. The van der Waals surface area contributed by atoms with E-state index in [1.165, 1.54) is 12.1 Å². The predicted molar refractivity (Wildman–Crippen MR) is 102 cm³/mol. The predicted octanol–water partition coefficient (Wildman–Crippen LogP) is 4.85. The van der Waals surface area contributed by atoms with Crippen LogP contribution in [-0.4, -0.2) is 24.4 Å². The average Bonchev–Trinajstić information content (AvgIpc) is 2.57. The third-order valence-electron chi connectivity index (χ3n) is 3.29. The molecule has 132 valence electrons. The van der Waals surface area contributed by atoms with Gasteiger partial charge in [-0.2, -0.15) is 0 Å². The average molecular weight is 420 g/mol. The maximum Gasteiger partial charge on any atom is 0.253 e. The highest BCUT2D eigenvalue weighted by Crippen LogP contribution is 2.21. The lowest BCUT2D eigenvalue weighted by Crippen LogP contribution is -2.42. The monoisotopic (exact) mass is 418 g/mol. The zero-order valence-electron chi connectivity index (χ0n) is 13.1. The first-order valence-electron chi connectivity index (χ1n) is 7.27. The van der Waals surface area contributed by atoms with Crippen LogP contribution in [0.5, 0.6) is 0 Å². The van der Waals surface area contributed by atoms with E-state index in [-0.39, 0.29) is 35.5 Å². The van der Waals surface area contributed by atoms with E-state index in [4.69, 9.17) is 46.4 Å². The van der Waals surface area contributed by atoms with Crippen molar-refractivity contribution in [3.8, 4) is 0 Å². The van der Waals surface area contributed by atoms with E-state index < -0.39 is 0 Å². The number of hydrogen-bond donors (Lipinski definition) is 2. The second kappa shape index (κ2) is 8.77. The molecule has 0 bridgehead atoms. The van der Waals surface area contributed by atoms with Crippen LogP contribution < -0.4 is 10.6 Å². The smallest absolute Gasteiger partial charge is 0.253 e. The van der Waals surface area contributed by atoms with E-state index in [0.29, 0.717) is 20.1 Å². The molecule has 0 aromatic heterocycles. The van der Waals surface area contributed by atoms with Gasteiger partial charge in [-0.3, -0.25) is 9.59 Å². The summed E-state index contributed by atoms with van der Waals surface area (Å²) >= 11 is 23.7. The molecule has 0 saturated carbocycles. The van der Waals surface area contributed by atoms with Crippen molar-refractivity contribution < 1.29 is 9.59 Å². The Labute approximate surface area is 165 Å². The maximum atomic E-state index is 12.2. The number of hydrogen-bond acceptors (Lipinski definition) is 2. The van der Waals surface area contributed by atoms with Crippen molar-refractivity contribution in [3.63, 3.8) is 0 Å². The van der Waals surface area contributed by atoms with Crippen LogP contribution in [0, 0.1) is 0 Å². The summed E-state index contributed by atoms with van der Waals surface area (Å²) in [6.45, 7) is 1.95. The second-order valence-electron chi connectivity index (χ2n) is 5.33. The highest BCUT2D eigenvalue weighted by atomic mass is 35.5. The van der Waals surface area contributed by atoms with Crippen molar-refractivity contribution in [2.75, 3.05) is 6.54 Å². The summed E-state index contributed by atoms with van der Waals surface area (Å²) in [4.78, 5) is 24.4. The lowest BCUT2D eigenvalue weighted by molar-refractivity contribution is 0.0912.